The highest BCUT2D eigenvalue weighted by Gasteiger charge is 2.22. The van der Waals surface area contributed by atoms with Gasteiger partial charge in [-0.05, 0) is 43.5 Å². The van der Waals surface area contributed by atoms with Crippen LogP contribution in [0.15, 0.2) is 17.0 Å². The molecule has 0 aliphatic rings. The number of rotatable bonds is 6. The quantitative estimate of drug-likeness (QED) is 0.828. The molecule has 0 bridgehead atoms. The zero-order valence-electron chi connectivity index (χ0n) is 11.7. The van der Waals surface area contributed by atoms with Gasteiger partial charge in [0.05, 0.1) is 18.6 Å². The Hall–Kier alpha value is -1.11. The predicted molar refractivity (Wildman–Crippen MR) is 74.0 cm³/mol. The van der Waals surface area contributed by atoms with Gasteiger partial charge in [-0.25, -0.2) is 13.1 Å². The maximum Gasteiger partial charge on any atom is 0.241 e. The van der Waals surface area contributed by atoms with Gasteiger partial charge in [-0.15, -0.1) is 0 Å². The van der Waals surface area contributed by atoms with E-state index in [4.69, 9.17) is 9.84 Å². The van der Waals surface area contributed by atoms with Gasteiger partial charge in [0.2, 0.25) is 10.0 Å². The molecule has 1 rings (SSSR count). The van der Waals surface area contributed by atoms with Crippen LogP contribution in [0.25, 0.3) is 0 Å². The Bertz CT molecular complexity index is 536. The van der Waals surface area contributed by atoms with E-state index in [1.54, 1.807) is 20.1 Å². The molecule has 5 nitrogen and oxygen atoms in total. The number of methoxy groups -OCH3 is 1. The van der Waals surface area contributed by atoms with Crippen molar-refractivity contribution in [3.8, 4) is 5.75 Å². The lowest BCUT2D eigenvalue weighted by Gasteiger charge is -2.17. The molecule has 0 amide bonds. The third-order valence-electron chi connectivity index (χ3n) is 3.23. The number of ether oxygens (including phenoxy) is 1. The summed E-state index contributed by atoms with van der Waals surface area (Å²) in [6.45, 7) is 5.16. The number of hydrogen-bond donors (Lipinski definition) is 2. The van der Waals surface area contributed by atoms with Crippen molar-refractivity contribution in [1.82, 2.24) is 4.72 Å². The Kier molecular flexibility index (Phi) is 5.34. The van der Waals surface area contributed by atoms with Gasteiger partial charge in [-0.3, -0.25) is 0 Å². The van der Waals surface area contributed by atoms with E-state index in [0.29, 0.717) is 17.7 Å². The van der Waals surface area contributed by atoms with E-state index >= 15 is 0 Å². The normalized spacial score (nSPS) is 13.3. The fraction of sp³-hybridized carbons (Fsp3) is 0.538. The number of benzene rings is 1. The summed E-state index contributed by atoms with van der Waals surface area (Å²) in [4.78, 5) is 0.220. The topological polar surface area (TPSA) is 75.6 Å². The average Bonchev–Trinajstić information content (AvgIpc) is 2.38. The standard InChI is InChI=1S/C13H21NO4S/c1-5-11(8-15)14-19(16,17)13-7-6-12(18-4)9(2)10(13)3/h6-7,11,14-15H,5,8H2,1-4H3/t11-/m1/s1. The van der Waals surface area contributed by atoms with Gasteiger partial charge in [0.25, 0.3) is 0 Å². The van der Waals surface area contributed by atoms with Gasteiger partial charge in [-0.1, -0.05) is 6.92 Å². The highest BCUT2D eigenvalue weighted by molar-refractivity contribution is 7.89. The fourth-order valence-corrected chi connectivity index (χ4v) is 3.43. The molecule has 0 heterocycles. The summed E-state index contributed by atoms with van der Waals surface area (Å²) < 4.78 is 32.2. The van der Waals surface area contributed by atoms with Crippen molar-refractivity contribution in [3.05, 3.63) is 23.3 Å². The van der Waals surface area contributed by atoms with Gasteiger partial charge < -0.3 is 9.84 Å². The molecule has 6 heteroatoms. The molecule has 0 radical (unpaired) electrons. The maximum atomic E-state index is 12.3. The highest BCUT2D eigenvalue weighted by atomic mass is 32.2. The Morgan fingerprint density at radius 2 is 1.95 bits per heavy atom. The summed E-state index contributed by atoms with van der Waals surface area (Å²) in [6.07, 6.45) is 0.532. The Morgan fingerprint density at radius 3 is 2.42 bits per heavy atom. The summed E-state index contributed by atoms with van der Waals surface area (Å²) in [6, 6.07) is 2.69. The molecular formula is C13H21NO4S. The van der Waals surface area contributed by atoms with E-state index in [1.165, 1.54) is 6.07 Å². The van der Waals surface area contributed by atoms with Gasteiger partial charge >= 0.3 is 0 Å². The fourth-order valence-electron chi connectivity index (χ4n) is 1.82. The van der Waals surface area contributed by atoms with E-state index in [-0.39, 0.29) is 11.5 Å². The molecule has 0 aliphatic carbocycles. The van der Waals surface area contributed by atoms with Crippen molar-refractivity contribution >= 4 is 10.0 Å². The zero-order chi connectivity index (χ0) is 14.6. The monoisotopic (exact) mass is 287 g/mol. The second-order valence-electron chi connectivity index (χ2n) is 4.42. The second-order valence-corrected chi connectivity index (χ2v) is 6.11. The van der Waals surface area contributed by atoms with Crippen LogP contribution in [-0.2, 0) is 10.0 Å². The SMILES string of the molecule is CC[C@H](CO)NS(=O)(=O)c1ccc(OC)c(C)c1C. The minimum absolute atomic E-state index is 0.218. The molecule has 0 spiro atoms. The molecule has 0 aromatic heterocycles. The summed E-state index contributed by atoms with van der Waals surface area (Å²) in [5.41, 5.74) is 1.45. The van der Waals surface area contributed by atoms with Gasteiger partial charge in [-0.2, -0.15) is 0 Å². The van der Waals surface area contributed by atoms with Crippen LogP contribution in [0.2, 0.25) is 0 Å². The van der Waals surface area contributed by atoms with Crippen molar-refractivity contribution in [1.29, 1.82) is 0 Å². The van der Waals surface area contributed by atoms with Crippen molar-refractivity contribution < 1.29 is 18.3 Å². The average molecular weight is 287 g/mol. The third-order valence-corrected chi connectivity index (χ3v) is 4.90. The maximum absolute atomic E-state index is 12.3. The molecule has 0 fully saturated rings. The van der Waals surface area contributed by atoms with Crippen molar-refractivity contribution in [2.24, 2.45) is 0 Å². The number of nitrogens with one attached hydrogen (secondary N) is 1. The van der Waals surface area contributed by atoms with Crippen LogP contribution in [0, 0.1) is 13.8 Å². The largest absolute Gasteiger partial charge is 0.496 e. The summed E-state index contributed by atoms with van der Waals surface area (Å²) in [5, 5.41) is 9.10. The first-order chi connectivity index (χ1) is 8.87. The van der Waals surface area contributed by atoms with E-state index < -0.39 is 16.1 Å². The van der Waals surface area contributed by atoms with Crippen LogP contribution in [0.3, 0.4) is 0 Å². The predicted octanol–water partition coefficient (Wildman–Crippen LogP) is 1.36. The Morgan fingerprint density at radius 1 is 1.32 bits per heavy atom. The van der Waals surface area contributed by atoms with Gasteiger partial charge in [0.15, 0.2) is 0 Å². The number of sulfonamides is 1. The second kappa shape index (κ2) is 6.36. The molecule has 0 saturated heterocycles. The molecule has 1 atom stereocenters. The zero-order valence-corrected chi connectivity index (χ0v) is 12.5. The molecule has 1 aromatic carbocycles. The molecule has 0 aliphatic heterocycles. The van der Waals surface area contributed by atoms with Crippen LogP contribution < -0.4 is 9.46 Å². The number of hydrogen-bond acceptors (Lipinski definition) is 4. The van der Waals surface area contributed by atoms with Crippen LogP contribution >= 0.6 is 0 Å². The minimum atomic E-state index is -3.63. The molecule has 1 aromatic rings. The molecular weight excluding hydrogens is 266 g/mol. The molecule has 0 unspecified atom stereocenters. The number of aliphatic hydroxyl groups is 1. The summed E-state index contributed by atoms with van der Waals surface area (Å²) in [7, 11) is -2.08. The Balaban J connectivity index is 3.19. The molecule has 108 valence electrons. The minimum Gasteiger partial charge on any atom is -0.496 e. The third kappa shape index (κ3) is 3.46. The van der Waals surface area contributed by atoms with Crippen LogP contribution in [0.1, 0.15) is 24.5 Å². The van der Waals surface area contributed by atoms with Crippen LogP contribution in [-0.4, -0.2) is 33.3 Å². The lowest BCUT2D eigenvalue weighted by Crippen LogP contribution is -2.37. The first-order valence-corrected chi connectivity index (χ1v) is 7.63. The van der Waals surface area contributed by atoms with E-state index in [9.17, 15) is 8.42 Å². The molecule has 19 heavy (non-hydrogen) atoms. The first kappa shape index (κ1) is 15.9. The summed E-state index contributed by atoms with van der Waals surface area (Å²) >= 11 is 0. The van der Waals surface area contributed by atoms with E-state index in [0.717, 1.165) is 5.56 Å². The van der Waals surface area contributed by atoms with Crippen molar-refractivity contribution in [2.75, 3.05) is 13.7 Å². The van der Waals surface area contributed by atoms with E-state index in [1.807, 2.05) is 13.8 Å². The lowest BCUT2D eigenvalue weighted by molar-refractivity contribution is 0.254. The molecule has 0 saturated carbocycles. The van der Waals surface area contributed by atoms with Crippen LogP contribution in [0.5, 0.6) is 5.75 Å². The summed E-state index contributed by atoms with van der Waals surface area (Å²) in [5.74, 6) is 0.658. The lowest BCUT2D eigenvalue weighted by atomic mass is 10.1. The number of aliphatic hydroxyl groups excluding tert-OH is 1. The first-order valence-electron chi connectivity index (χ1n) is 6.14. The van der Waals surface area contributed by atoms with Crippen LogP contribution in [0.4, 0.5) is 0 Å². The highest BCUT2D eigenvalue weighted by Crippen LogP contribution is 2.26. The van der Waals surface area contributed by atoms with Crippen molar-refractivity contribution in [2.45, 2.75) is 38.1 Å². The Labute approximate surface area is 114 Å². The smallest absolute Gasteiger partial charge is 0.241 e. The van der Waals surface area contributed by atoms with Gasteiger partial charge in [0.1, 0.15) is 5.75 Å². The van der Waals surface area contributed by atoms with Crippen molar-refractivity contribution in [3.63, 3.8) is 0 Å². The molecule has 2 N–H and O–H groups in total. The van der Waals surface area contributed by atoms with Gasteiger partial charge in [0, 0.05) is 6.04 Å². The van der Waals surface area contributed by atoms with E-state index in [2.05, 4.69) is 4.72 Å².